The highest BCUT2D eigenvalue weighted by Gasteiger charge is 2.33. The number of fused-ring (bicyclic) bond motifs is 5. The van der Waals surface area contributed by atoms with E-state index in [1.165, 1.54) is 11.8 Å². The van der Waals surface area contributed by atoms with Crippen molar-refractivity contribution in [3.8, 4) is 0 Å². The molecule has 18 heavy (non-hydrogen) atoms. The van der Waals surface area contributed by atoms with Crippen molar-refractivity contribution >= 4 is 17.8 Å². The van der Waals surface area contributed by atoms with Gasteiger partial charge in [0.05, 0.1) is 23.8 Å². The molecule has 1 aromatic carbocycles. The molecule has 0 radical (unpaired) electrons. The molecule has 1 amide bonds. The molecule has 1 aliphatic carbocycles. The molecule has 4 rings (SSSR count). The maximum Gasteiger partial charge on any atom is 0.275 e. The summed E-state index contributed by atoms with van der Waals surface area (Å²) in [5.41, 5.74) is 4.06. The average molecular weight is 235 g/mol. The van der Waals surface area contributed by atoms with Crippen LogP contribution in [0, 0.1) is 0 Å². The molecule has 0 unspecified atom stereocenters. The largest absolute Gasteiger partial charge is 0.275 e. The topological polar surface area (TPSA) is 45.0 Å². The van der Waals surface area contributed by atoms with Gasteiger partial charge in [-0.05, 0) is 12.0 Å². The number of rotatable bonds is 0. The zero-order valence-electron chi connectivity index (χ0n) is 9.50. The van der Waals surface area contributed by atoms with Crippen molar-refractivity contribution in [1.29, 1.82) is 0 Å². The van der Waals surface area contributed by atoms with Crippen LogP contribution in [0.5, 0.6) is 0 Å². The van der Waals surface area contributed by atoms with Crippen LogP contribution in [-0.2, 0) is 11.2 Å². The molecule has 86 valence electrons. The highest BCUT2D eigenvalue weighted by atomic mass is 16.2. The van der Waals surface area contributed by atoms with Crippen LogP contribution in [0.25, 0.3) is 0 Å². The number of nitrogens with zero attached hydrogens (tertiary/aromatic N) is 3. The Kier molecular flexibility index (Phi) is 1.73. The lowest BCUT2D eigenvalue weighted by Gasteiger charge is -2.28. The summed E-state index contributed by atoms with van der Waals surface area (Å²) in [5, 5.41) is 0. The van der Waals surface area contributed by atoms with Gasteiger partial charge in [-0.15, -0.1) is 0 Å². The van der Waals surface area contributed by atoms with Crippen molar-refractivity contribution in [2.24, 2.45) is 9.98 Å². The Labute approximate surface area is 104 Å². The quantitative estimate of drug-likeness (QED) is 0.674. The Morgan fingerprint density at radius 2 is 2.11 bits per heavy atom. The van der Waals surface area contributed by atoms with Gasteiger partial charge in [-0.1, -0.05) is 30.3 Å². The number of benzene rings is 1. The monoisotopic (exact) mass is 235 g/mol. The van der Waals surface area contributed by atoms with Crippen LogP contribution >= 0.6 is 0 Å². The zero-order chi connectivity index (χ0) is 12.1. The van der Waals surface area contributed by atoms with Crippen molar-refractivity contribution in [3.63, 3.8) is 0 Å². The summed E-state index contributed by atoms with van der Waals surface area (Å²) in [5.74, 6) is 0.508. The molecule has 0 atom stereocenters. The molecule has 2 aliphatic heterocycles. The molecule has 4 nitrogen and oxygen atoms in total. The zero-order valence-corrected chi connectivity index (χ0v) is 9.50. The van der Waals surface area contributed by atoms with Gasteiger partial charge in [0.15, 0.2) is 5.82 Å². The molecule has 4 heteroatoms. The van der Waals surface area contributed by atoms with E-state index in [0.29, 0.717) is 5.82 Å². The number of carbonyl (C=O) groups excluding carboxylic acids is 1. The van der Waals surface area contributed by atoms with Crippen LogP contribution in [0.15, 0.2) is 58.0 Å². The first kappa shape index (κ1) is 9.53. The third-order valence-electron chi connectivity index (χ3n) is 3.34. The number of aliphatic imine (C=N–C) groups is 2. The Morgan fingerprint density at radius 3 is 3.06 bits per heavy atom. The van der Waals surface area contributed by atoms with Gasteiger partial charge in [-0.3, -0.25) is 14.7 Å². The summed E-state index contributed by atoms with van der Waals surface area (Å²) in [6, 6.07) is 8.15. The van der Waals surface area contributed by atoms with E-state index in [0.717, 1.165) is 23.4 Å². The van der Waals surface area contributed by atoms with E-state index in [1.807, 2.05) is 24.3 Å². The summed E-state index contributed by atoms with van der Waals surface area (Å²) in [7, 11) is 0. The normalized spacial score (nSPS) is 19.7. The third kappa shape index (κ3) is 1.12. The molecule has 0 saturated heterocycles. The minimum atomic E-state index is -0.0979. The van der Waals surface area contributed by atoms with Crippen LogP contribution in [0.3, 0.4) is 0 Å². The van der Waals surface area contributed by atoms with E-state index in [4.69, 9.17) is 0 Å². The first-order valence-corrected chi connectivity index (χ1v) is 5.79. The fourth-order valence-electron chi connectivity index (χ4n) is 2.51. The molecule has 0 fully saturated rings. The second-order valence-corrected chi connectivity index (χ2v) is 4.35. The molecule has 0 spiro atoms. The minimum Gasteiger partial charge on any atom is -0.267 e. The van der Waals surface area contributed by atoms with Crippen molar-refractivity contribution in [1.82, 2.24) is 4.90 Å². The first-order valence-electron chi connectivity index (χ1n) is 5.79. The number of hydrogen-bond donors (Lipinski definition) is 0. The van der Waals surface area contributed by atoms with Crippen LogP contribution in [-0.4, -0.2) is 22.7 Å². The predicted molar refractivity (Wildman–Crippen MR) is 68.2 cm³/mol. The number of allylic oxidation sites excluding steroid dienone is 2. The van der Waals surface area contributed by atoms with E-state index in [1.54, 1.807) is 11.1 Å². The summed E-state index contributed by atoms with van der Waals surface area (Å²) in [4.78, 5) is 21.9. The van der Waals surface area contributed by atoms with Gasteiger partial charge in [0, 0.05) is 5.56 Å². The lowest BCUT2D eigenvalue weighted by molar-refractivity contribution is -0.119. The van der Waals surface area contributed by atoms with Gasteiger partial charge in [0.1, 0.15) is 0 Å². The van der Waals surface area contributed by atoms with Crippen LogP contribution < -0.4 is 0 Å². The fraction of sp³-hybridized carbons (Fsp3) is 0.0714. The second kappa shape index (κ2) is 3.26. The van der Waals surface area contributed by atoms with Gasteiger partial charge >= 0.3 is 0 Å². The van der Waals surface area contributed by atoms with Gasteiger partial charge in [-0.2, -0.15) is 0 Å². The molecule has 3 aliphatic rings. The van der Waals surface area contributed by atoms with Crippen LogP contribution in [0.1, 0.15) is 11.1 Å². The molecule has 0 saturated carbocycles. The number of carbonyl (C=O) groups is 1. The van der Waals surface area contributed by atoms with Crippen molar-refractivity contribution in [3.05, 3.63) is 59.2 Å². The molecule has 0 N–H and O–H groups in total. The van der Waals surface area contributed by atoms with E-state index in [-0.39, 0.29) is 5.91 Å². The van der Waals surface area contributed by atoms with Crippen molar-refractivity contribution < 1.29 is 4.79 Å². The van der Waals surface area contributed by atoms with Gasteiger partial charge in [0.2, 0.25) is 0 Å². The highest BCUT2D eigenvalue weighted by molar-refractivity contribution is 6.32. The number of amides is 1. The Hall–Kier alpha value is -2.49. The highest BCUT2D eigenvalue weighted by Crippen LogP contribution is 2.31. The summed E-state index contributed by atoms with van der Waals surface area (Å²) in [6.07, 6.45) is 5.85. The minimum absolute atomic E-state index is 0.0979. The Balaban J connectivity index is 1.93. The molecule has 0 aromatic heterocycles. The maximum atomic E-state index is 11.8. The summed E-state index contributed by atoms with van der Waals surface area (Å²) in [6.45, 7) is 0. The van der Waals surface area contributed by atoms with Gasteiger partial charge < -0.3 is 0 Å². The lowest BCUT2D eigenvalue weighted by Crippen LogP contribution is -2.33. The summed E-state index contributed by atoms with van der Waals surface area (Å²) < 4.78 is 0. The average Bonchev–Trinajstić information content (AvgIpc) is 2.80. The Bertz CT molecular complexity index is 695. The molecule has 2 heterocycles. The van der Waals surface area contributed by atoms with Crippen molar-refractivity contribution in [2.75, 3.05) is 0 Å². The van der Waals surface area contributed by atoms with E-state index in [9.17, 15) is 4.79 Å². The van der Waals surface area contributed by atoms with Crippen LogP contribution in [0.2, 0.25) is 0 Å². The second-order valence-electron chi connectivity index (χ2n) is 4.35. The first-order chi connectivity index (χ1) is 8.84. The molecule has 1 aromatic rings. The molecular formula is C14H9N3O. The summed E-state index contributed by atoms with van der Waals surface area (Å²) >= 11 is 0. The fourth-order valence-corrected chi connectivity index (χ4v) is 2.51. The predicted octanol–water partition coefficient (Wildman–Crippen LogP) is 1.64. The van der Waals surface area contributed by atoms with Crippen LogP contribution in [0.4, 0.5) is 0 Å². The molecule has 0 bridgehead atoms. The lowest BCUT2D eigenvalue weighted by atomic mass is 9.92. The van der Waals surface area contributed by atoms with Crippen molar-refractivity contribution in [2.45, 2.75) is 6.42 Å². The van der Waals surface area contributed by atoms with Gasteiger partial charge in [-0.25, -0.2) is 4.99 Å². The van der Waals surface area contributed by atoms with Gasteiger partial charge in [0.25, 0.3) is 5.91 Å². The number of hydrogen-bond acceptors (Lipinski definition) is 3. The Morgan fingerprint density at radius 1 is 1.22 bits per heavy atom. The SMILES string of the molecule is O=C1C=NC2=CN=C3C(=CCc4ccccc43)N12. The smallest absolute Gasteiger partial charge is 0.267 e. The van der Waals surface area contributed by atoms with E-state index < -0.39 is 0 Å². The maximum absolute atomic E-state index is 11.8. The standard InChI is InChI=1S/C14H9N3O/c18-13-8-15-12-7-16-14-10-4-2-1-3-9(10)5-6-11(14)17(12)13/h1-4,6-8H,5H2. The molecular weight excluding hydrogens is 226 g/mol. The van der Waals surface area contributed by atoms with E-state index >= 15 is 0 Å². The van der Waals surface area contributed by atoms with E-state index in [2.05, 4.69) is 16.1 Å². The third-order valence-corrected chi connectivity index (χ3v) is 3.34.